The van der Waals surface area contributed by atoms with Gasteiger partial charge in [0.15, 0.2) is 5.96 Å². The van der Waals surface area contributed by atoms with Crippen LogP contribution >= 0.6 is 11.3 Å². The number of anilines is 1. The summed E-state index contributed by atoms with van der Waals surface area (Å²) in [6.45, 7) is 6.20. The third kappa shape index (κ3) is 4.29. The molecule has 2 N–H and O–H groups in total. The number of aryl methyl sites for hydroxylation is 1. The molecule has 0 radical (unpaired) electrons. The van der Waals surface area contributed by atoms with Crippen LogP contribution in [-0.4, -0.2) is 32.6 Å². The van der Waals surface area contributed by atoms with Crippen molar-refractivity contribution in [2.24, 2.45) is 10.9 Å². The van der Waals surface area contributed by atoms with Gasteiger partial charge in [-0.3, -0.25) is 4.99 Å². The van der Waals surface area contributed by atoms with Crippen LogP contribution in [0.3, 0.4) is 0 Å². The fourth-order valence-electron chi connectivity index (χ4n) is 3.08. The van der Waals surface area contributed by atoms with Crippen LogP contribution in [0.5, 0.6) is 0 Å². The van der Waals surface area contributed by atoms with E-state index in [-0.39, 0.29) is 0 Å². The van der Waals surface area contributed by atoms with Crippen molar-refractivity contribution in [2.75, 3.05) is 31.6 Å². The molecule has 1 unspecified atom stereocenters. The third-order valence-corrected chi connectivity index (χ3v) is 5.60. The van der Waals surface area contributed by atoms with E-state index >= 15 is 0 Å². The lowest BCUT2D eigenvalue weighted by atomic mass is 10.1. The molecule has 4 nitrogen and oxygen atoms in total. The Morgan fingerprint density at radius 3 is 2.79 bits per heavy atom. The number of benzene rings is 1. The molecule has 1 saturated heterocycles. The van der Waals surface area contributed by atoms with Crippen molar-refractivity contribution in [1.82, 2.24) is 10.6 Å². The van der Waals surface area contributed by atoms with E-state index in [0.717, 1.165) is 32.1 Å². The summed E-state index contributed by atoms with van der Waals surface area (Å²) < 4.78 is 0. The second kappa shape index (κ2) is 8.20. The normalized spacial score (nSPS) is 18.0. The third-order valence-electron chi connectivity index (χ3n) is 4.57. The van der Waals surface area contributed by atoms with E-state index in [2.05, 4.69) is 69.2 Å². The minimum Gasteiger partial charge on any atom is -0.371 e. The van der Waals surface area contributed by atoms with E-state index in [1.54, 1.807) is 11.3 Å². The van der Waals surface area contributed by atoms with Gasteiger partial charge in [0.2, 0.25) is 0 Å². The predicted octanol–water partition coefficient (Wildman–Crippen LogP) is 3.25. The van der Waals surface area contributed by atoms with Crippen LogP contribution in [0.4, 0.5) is 5.69 Å². The van der Waals surface area contributed by atoms with Gasteiger partial charge in [-0.1, -0.05) is 18.2 Å². The second-order valence-corrected chi connectivity index (χ2v) is 7.27. The molecule has 128 valence electrons. The molecule has 1 fully saturated rings. The van der Waals surface area contributed by atoms with Gasteiger partial charge in [0.05, 0.1) is 6.54 Å². The van der Waals surface area contributed by atoms with Gasteiger partial charge in [0, 0.05) is 37.2 Å². The topological polar surface area (TPSA) is 39.7 Å². The highest BCUT2D eigenvalue weighted by atomic mass is 32.1. The van der Waals surface area contributed by atoms with E-state index in [1.807, 2.05) is 7.05 Å². The quantitative estimate of drug-likeness (QED) is 0.647. The molecule has 0 saturated carbocycles. The molecule has 1 aromatic heterocycles. The van der Waals surface area contributed by atoms with Crippen LogP contribution in [0.25, 0.3) is 0 Å². The van der Waals surface area contributed by atoms with Crippen molar-refractivity contribution in [3.05, 3.63) is 52.2 Å². The van der Waals surface area contributed by atoms with E-state index in [0.29, 0.717) is 5.92 Å². The van der Waals surface area contributed by atoms with Gasteiger partial charge in [-0.2, -0.15) is 0 Å². The maximum atomic E-state index is 4.34. The van der Waals surface area contributed by atoms with Gasteiger partial charge in [0.25, 0.3) is 0 Å². The lowest BCUT2D eigenvalue weighted by Gasteiger charge is -2.19. The highest BCUT2D eigenvalue weighted by Crippen LogP contribution is 2.22. The fraction of sp³-hybridized carbons (Fsp3) is 0.421. The predicted molar refractivity (Wildman–Crippen MR) is 104 cm³/mol. The van der Waals surface area contributed by atoms with Gasteiger partial charge in [0.1, 0.15) is 0 Å². The largest absolute Gasteiger partial charge is 0.371 e. The first kappa shape index (κ1) is 16.8. The molecule has 1 atom stereocenters. The number of hydrogen-bond donors (Lipinski definition) is 2. The molecule has 1 aliphatic heterocycles. The van der Waals surface area contributed by atoms with Crippen molar-refractivity contribution in [3.63, 3.8) is 0 Å². The SMILES string of the molecule is CN=C(NCc1sccc1C)NCC1CCN(c2ccccc2)C1. The molecule has 0 amide bonds. The number of guanidine groups is 1. The number of hydrogen-bond acceptors (Lipinski definition) is 3. The first-order chi connectivity index (χ1) is 11.8. The first-order valence-corrected chi connectivity index (χ1v) is 9.41. The first-order valence-electron chi connectivity index (χ1n) is 8.53. The molecule has 0 aliphatic carbocycles. The highest BCUT2D eigenvalue weighted by molar-refractivity contribution is 7.10. The summed E-state index contributed by atoms with van der Waals surface area (Å²) in [5, 5.41) is 9.04. The summed E-state index contributed by atoms with van der Waals surface area (Å²) in [6.07, 6.45) is 1.23. The van der Waals surface area contributed by atoms with Crippen LogP contribution in [0, 0.1) is 12.8 Å². The molecule has 3 rings (SSSR count). The number of rotatable bonds is 5. The van der Waals surface area contributed by atoms with E-state index < -0.39 is 0 Å². The maximum absolute atomic E-state index is 4.34. The van der Waals surface area contributed by atoms with Gasteiger partial charge in [-0.15, -0.1) is 11.3 Å². The zero-order valence-electron chi connectivity index (χ0n) is 14.5. The van der Waals surface area contributed by atoms with Crippen LogP contribution < -0.4 is 15.5 Å². The molecular weight excluding hydrogens is 316 g/mol. The van der Waals surface area contributed by atoms with Gasteiger partial charge < -0.3 is 15.5 Å². The highest BCUT2D eigenvalue weighted by Gasteiger charge is 2.22. The van der Waals surface area contributed by atoms with Crippen LogP contribution in [0.2, 0.25) is 0 Å². The van der Waals surface area contributed by atoms with E-state index in [9.17, 15) is 0 Å². The average molecular weight is 343 g/mol. The number of thiophene rings is 1. The van der Waals surface area contributed by atoms with Gasteiger partial charge in [-0.05, 0) is 48.4 Å². The van der Waals surface area contributed by atoms with Crippen molar-refractivity contribution >= 4 is 23.0 Å². The maximum Gasteiger partial charge on any atom is 0.191 e. The Balaban J connectivity index is 1.44. The van der Waals surface area contributed by atoms with Crippen molar-refractivity contribution in [2.45, 2.75) is 19.9 Å². The molecule has 0 bridgehead atoms. The lowest BCUT2D eigenvalue weighted by Crippen LogP contribution is -2.39. The Morgan fingerprint density at radius 1 is 1.25 bits per heavy atom. The Bertz CT molecular complexity index is 665. The van der Waals surface area contributed by atoms with Gasteiger partial charge >= 0.3 is 0 Å². The smallest absolute Gasteiger partial charge is 0.191 e. The van der Waals surface area contributed by atoms with Crippen molar-refractivity contribution in [3.8, 4) is 0 Å². The molecule has 1 aliphatic rings. The summed E-state index contributed by atoms with van der Waals surface area (Å²) in [4.78, 5) is 8.18. The molecule has 24 heavy (non-hydrogen) atoms. The monoisotopic (exact) mass is 342 g/mol. The van der Waals surface area contributed by atoms with Crippen LogP contribution in [0.15, 0.2) is 46.8 Å². The fourth-order valence-corrected chi connectivity index (χ4v) is 3.93. The van der Waals surface area contributed by atoms with Crippen molar-refractivity contribution in [1.29, 1.82) is 0 Å². The summed E-state index contributed by atoms with van der Waals surface area (Å²) in [5.41, 5.74) is 2.67. The molecular formula is C19H26N4S. The Hall–Kier alpha value is -2.01. The molecule has 5 heteroatoms. The Kier molecular flexibility index (Phi) is 5.75. The molecule has 1 aromatic carbocycles. The minimum atomic E-state index is 0.659. The summed E-state index contributed by atoms with van der Waals surface area (Å²) in [5.74, 6) is 1.55. The number of para-hydroxylation sites is 1. The van der Waals surface area contributed by atoms with Crippen LogP contribution in [-0.2, 0) is 6.54 Å². The van der Waals surface area contributed by atoms with E-state index in [1.165, 1.54) is 22.5 Å². The second-order valence-electron chi connectivity index (χ2n) is 6.27. The zero-order valence-corrected chi connectivity index (χ0v) is 15.3. The summed E-state index contributed by atoms with van der Waals surface area (Å²) >= 11 is 1.79. The summed E-state index contributed by atoms with van der Waals surface area (Å²) in [6, 6.07) is 12.8. The molecule has 2 aromatic rings. The number of nitrogens with zero attached hydrogens (tertiary/aromatic N) is 2. The van der Waals surface area contributed by atoms with Gasteiger partial charge in [-0.25, -0.2) is 0 Å². The average Bonchev–Trinajstić information content (AvgIpc) is 3.25. The number of nitrogens with one attached hydrogen (secondary N) is 2. The standard InChI is InChI=1S/C19H26N4S/c1-15-9-11-24-18(15)13-22-19(20-2)21-12-16-8-10-23(14-16)17-6-4-3-5-7-17/h3-7,9,11,16H,8,10,12-14H2,1-2H3,(H2,20,21,22). The summed E-state index contributed by atoms with van der Waals surface area (Å²) in [7, 11) is 1.83. The Labute approximate surface area is 148 Å². The molecule has 0 spiro atoms. The number of aliphatic imine (C=N–C) groups is 1. The Morgan fingerprint density at radius 2 is 2.08 bits per heavy atom. The zero-order chi connectivity index (χ0) is 16.8. The van der Waals surface area contributed by atoms with E-state index in [4.69, 9.17) is 0 Å². The molecule has 2 heterocycles. The van der Waals surface area contributed by atoms with Crippen molar-refractivity contribution < 1.29 is 0 Å². The lowest BCUT2D eigenvalue weighted by molar-refractivity contribution is 0.566. The minimum absolute atomic E-state index is 0.659. The van der Waals surface area contributed by atoms with Crippen LogP contribution in [0.1, 0.15) is 16.9 Å².